The van der Waals surface area contributed by atoms with Gasteiger partial charge in [0.2, 0.25) is 5.96 Å². The van der Waals surface area contributed by atoms with Crippen LogP contribution in [0.4, 0.5) is 17.3 Å². The molecule has 2 aromatic carbocycles. The van der Waals surface area contributed by atoms with E-state index in [0.29, 0.717) is 37.9 Å². The van der Waals surface area contributed by atoms with Crippen LogP contribution in [0.25, 0.3) is 0 Å². The molecule has 176 valence electrons. The fourth-order valence-corrected chi connectivity index (χ4v) is 4.45. The summed E-state index contributed by atoms with van der Waals surface area (Å²) in [6.07, 6.45) is 1.83. The smallest absolute Gasteiger partial charge is 0.211 e. The molecule has 4 rings (SSSR count). The van der Waals surface area contributed by atoms with Crippen LogP contribution >= 0.6 is 27.5 Å². The topological polar surface area (TPSA) is 167 Å². The average Bonchev–Trinajstić information content (AvgIpc) is 2.83. The van der Waals surface area contributed by atoms with Crippen LogP contribution in [0.1, 0.15) is 28.3 Å². The molecule has 1 aromatic heterocycles. The molecule has 35 heavy (non-hydrogen) atoms. The zero-order valence-electron chi connectivity index (χ0n) is 18.3. The molecule has 0 saturated heterocycles. The Balaban J connectivity index is 1.77. The Labute approximate surface area is 214 Å². The van der Waals surface area contributed by atoms with Gasteiger partial charge in [-0.25, -0.2) is 9.98 Å². The van der Waals surface area contributed by atoms with Gasteiger partial charge in [-0.1, -0.05) is 17.7 Å². The first-order valence-corrected chi connectivity index (χ1v) is 11.3. The van der Waals surface area contributed by atoms with Crippen LogP contribution in [0.2, 0.25) is 5.02 Å². The van der Waals surface area contributed by atoms with Crippen molar-refractivity contribution in [3.05, 3.63) is 68.1 Å². The fourth-order valence-electron chi connectivity index (χ4n) is 3.65. The second-order valence-corrected chi connectivity index (χ2v) is 8.63. The van der Waals surface area contributed by atoms with Gasteiger partial charge in [0.25, 0.3) is 0 Å². The average molecular weight is 554 g/mol. The summed E-state index contributed by atoms with van der Waals surface area (Å²) < 4.78 is 12.2. The number of methoxy groups -OCH3 is 1. The Kier molecular flexibility index (Phi) is 6.82. The number of nitriles is 2. The standard InChI is InChI=1S/C23H18BrClN8O2/c1-34-16-4-2-11(6-12(16)9-35-17-5-3-13(25)7-15(17)24)20-18-19(28)14(8-26)21(29)32-22(18)33-23(31-20)30-10-27/h2-7,20H,9H2,1H3,(H6,28,29,30,31,32,33). The third-order valence-electron chi connectivity index (χ3n) is 5.25. The maximum absolute atomic E-state index is 9.52. The molecule has 0 amide bonds. The van der Waals surface area contributed by atoms with Crippen LogP contribution < -0.4 is 31.6 Å². The van der Waals surface area contributed by atoms with Gasteiger partial charge >= 0.3 is 0 Å². The molecular formula is C23H18BrClN8O2. The number of hydrogen-bond donors (Lipinski definition) is 4. The van der Waals surface area contributed by atoms with Gasteiger partial charge in [-0.15, -0.1) is 0 Å². The van der Waals surface area contributed by atoms with Crippen molar-refractivity contribution >= 4 is 50.8 Å². The predicted octanol–water partition coefficient (Wildman–Crippen LogP) is 4.06. The zero-order valence-corrected chi connectivity index (χ0v) is 20.6. The molecule has 1 aliphatic heterocycles. The lowest BCUT2D eigenvalue weighted by Crippen LogP contribution is -2.32. The van der Waals surface area contributed by atoms with E-state index in [4.69, 9.17) is 37.8 Å². The Bertz CT molecular complexity index is 1430. The second-order valence-electron chi connectivity index (χ2n) is 7.34. The molecule has 0 fully saturated rings. The highest BCUT2D eigenvalue weighted by Crippen LogP contribution is 2.41. The molecule has 0 spiro atoms. The summed E-state index contributed by atoms with van der Waals surface area (Å²) in [5.74, 6) is 1.66. The minimum atomic E-state index is -0.686. The van der Waals surface area contributed by atoms with Crippen LogP contribution in [-0.2, 0) is 6.61 Å². The fraction of sp³-hybridized carbons (Fsp3) is 0.130. The van der Waals surface area contributed by atoms with Gasteiger partial charge in [-0.05, 0) is 51.8 Å². The molecule has 6 N–H and O–H groups in total. The van der Waals surface area contributed by atoms with Crippen LogP contribution in [0.5, 0.6) is 11.5 Å². The molecule has 0 bridgehead atoms. The number of ether oxygens (including phenoxy) is 2. The Morgan fingerprint density at radius 2 is 1.97 bits per heavy atom. The molecule has 0 aliphatic carbocycles. The van der Waals surface area contributed by atoms with Crippen molar-refractivity contribution in [3.8, 4) is 23.8 Å². The maximum Gasteiger partial charge on any atom is 0.211 e. The molecule has 1 atom stereocenters. The number of rotatable bonds is 5. The number of nitrogen functional groups attached to an aromatic ring is 2. The minimum Gasteiger partial charge on any atom is -0.496 e. The van der Waals surface area contributed by atoms with E-state index in [1.54, 1.807) is 31.4 Å². The van der Waals surface area contributed by atoms with Gasteiger partial charge in [0.1, 0.15) is 47.4 Å². The largest absolute Gasteiger partial charge is 0.496 e. The van der Waals surface area contributed by atoms with E-state index in [9.17, 15) is 5.26 Å². The number of nitrogens with zero attached hydrogens (tertiary/aromatic N) is 4. The van der Waals surface area contributed by atoms with Crippen molar-refractivity contribution in [2.45, 2.75) is 12.6 Å². The van der Waals surface area contributed by atoms with Crippen molar-refractivity contribution in [1.82, 2.24) is 10.3 Å². The lowest BCUT2D eigenvalue weighted by atomic mass is 9.94. The Hall–Kier alpha value is -4.19. The van der Waals surface area contributed by atoms with E-state index < -0.39 is 6.04 Å². The van der Waals surface area contributed by atoms with E-state index in [1.165, 1.54) is 0 Å². The third kappa shape index (κ3) is 4.73. The molecule has 0 saturated carbocycles. The Morgan fingerprint density at radius 3 is 2.66 bits per heavy atom. The van der Waals surface area contributed by atoms with Crippen LogP contribution in [0.15, 0.2) is 45.9 Å². The summed E-state index contributed by atoms with van der Waals surface area (Å²) >= 11 is 9.46. The normalized spacial score (nSPS) is 14.0. The first-order valence-electron chi connectivity index (χ1n) is 10.1. The minimum absolute atomic E-state index is 0.0226. The number of benzene rings is 2. The summed E-state index contributed by atoms with van der Waals surface area (Å²) in [6, 6.07) is 12.0. The van der Waals surface area contributed by atoms with E-state index in [2.05, 4.69) is 36.5 Å². The number of aliphatic imine (C=N–C) groups is 1. The number of fused-ring (bicyclic) bond motifs is 1. The van der Waals surface area contributed by atoms with Crippen LogP contribution in [-0.4, -0.2) is 18.1 Å². The highest BCUT2D eigenvalue weighted by atomic mass is 79.9. The summed E-state index contributed by atoms with van der Waals surface area (Å²) in [5.41, 5.74) is 14.4. The van der Waals surface area contributed by atoms with E-state index in [1.807, 2.05) is 24.4 Å². The van der Waals surface area contributed by atoms with Crippen molar-refractivity contribution in [1.29, 1.82) is 10.5 Å². The van der Waals surface area contributed by atoms with E-state index in [0.717, 1.165) is 5.56 Å². The molecule has 12 heteroatoms. The number of nitrogens with two attached hydrogens (primary N) is 2. The molecule has 3 aromatic rings. The van der Waals surface area contributed by atoms with Gasteiger partial charge in [0, 0.05) is 16.1 Å². The zero-order chi connectivity index (χ0) is 25.1. The first-order chi connectivity index (χ1) is 16.9. The van der Waals surface area contributed by atoms with Crippen molar-refractivity contribution in [2.24, 2.45) is 4.99 Å². The quantitative estimate of drug-likeness (QED) is 0.269. The second kappa shape index (κ2) is 9.97. The summed E-state index contributed by atoms with van der Waals surface area (Å²) in [6.45, 7) is 0.182. The van der Waals surface area contributed by atoms with Gasteiger partial charge in [-0.3, -0.25) is 5.32 Å². The van der Waals surface area contributed by atoms with Crippen molar-refractivity contribution < 1.29 is 9.47 Å². The van der Waals surface area contributed by atoms with Crippen LogP contribution in [0, 0.1) is 22.8 Å². The molecule has 1 aliphatic rings. The highest BCUT2D eigenvalue weighted by Gasteiger charge is 2.30. The number of anilines is 3. The number of pyridine rings is 1. The molecular weight excluding hydrogens is 536 g/mol. The monoisotopic (exact) mass is 552 g/mol. The Morgan fingerprint density at radius 1 is 1.20 bits per heavy atom. The van der Waals surface area contributed by atoms with E-state index in [-0.39, 0.29) is 29.6 Å². The highest BCUT2D eigenvalue weighted by molar-refractivity contribution is 9.10. The lowest BCUT2D eigenvalue weighted by molar-refractivity contribution is 0.295. The SMILES string of the molecule is COc1ccc(C2N=C(NC#N)Nc3nc(N)c(C#N)c(N)c32)cc1COc1ccc(Cl)cc1Br. The van der Waals surface area contributed by atoms with Gasteiger partial charge < -0.3 is 26.3 Å². The summed E-state index contributed by atoms with van der Waals surface area (Å²) in [4.78, 5) is 8.86. The maximum atomic E-state index is 9.52. The first kappa shape index (κ1) is 24.0. The molecule has 10 nitrogen and oxygen atoms in total. The lowest BCUT2D eigenvalue weighted by Gasteiger charge is -2.26. The number of hydrogen-bond acceptors (Lipinski definition) is 10. The molecule has 1 unspecified atom stereocenters. The summed E-state index contributed by atoms with van der Waals surface area (Å²) in [7, 11) is 1.56. The molecule has 0 radical (unpaired) electrons. The van der Waals surface area contributed by atoms with E-state index >= 15 is 0 Å². The number of halogens is 2. The van der Waals surface area contributed by atoms with Crippen molar-refractivity contribution in [2.75, 3.05) is 23.9 Å². The van der Waals surface area contributed by atoms with Crippen molar-refractivity contribution in [3.63, 3.8) is 0 Å². The van der Waals surface area contributed by atoms with Gasteiger partial charge in [0.05, 0.1) is 17.3 Å². The van der Waals surface area contributed by atoms with Crippen LogP contribution in [0.3, 0.4) is 0 Å². The summed E-state index contributed by atoms with van der Waals surface area (Å²) in [5, 5.41) is 24.6. The predicted molar refractivity (Wildman–Crippen MR) is 136 cm³/mol. The van der Waals surface area contributed by atoms with Gasteiger partial charge in [-0.2, -0.15) is 10.5 Å². The van der Waals surface area contributed by atoms with Gasteiger partial charge in [0.15, 0.2) is 6.19 Å². The third-order valence-corrected chi connectivity index (χ3v) is 6.11. The number of guanidine groups is 1. The number of aromatic nitrogens is 1. The number of nitrogens with one attached hydrogen (secondary N) is 2. The molecule has 2 heterocycles.